The lowest BCUT2D eigenvalue weighted by molar-refractivity contribution is -0.122. The lowest BCUT2D eigenvalue weighted by Gasteiger charge is -2.16. The first-order valence-corrected chi connectivity index (χ1v) is 8.83. The van der Waals surface area contributed by atoms with E-state index in [1.807, 2.05) is 75.5 Å². The van der Waals surface area contributed by atoms with Crippen LogP contribution in [0.5, 0.6) is 5.75 Å². The molecule has 0 unspecified atom stereocenters. The molecular weight excluding hydrogens is 312 g/mol. The second-order valence-corrected chi connectivity index (χ2v) is 6.38. The van der Waals surface area contributed by atoms with Gasteiger partial charge in [-0.3, -0.25) is 4.79 Å². The Hall–Kier alpha value is -2.33. The van der Waals surface area contributed by atoms with E-state index < -0.39 is 0 Å². The van der Waals surface area contributed by atoms with Crippen LogP contribution in [0.4, 0.5) is 0 Å². The molecule has 134 valence electrons. The average Bonchev–Trinajstić information content (AvgIpc) is 2.61. The molecule has 0 aliphatic carbocycles. The Morgan fingerprint density at radius 1 is 1.00 bits per heavy atom. The Morgan fingerprint density at radius 3 is 2.28 bits per heavy atom. The van der Waals surface area contributed by atoms with Crippen molar-refractivity contribution in [2.45, 2.75) is 38.8 Å². The predicted octanol–water partition coefficient (Wildman–Crippen LogP) is 2.96. The molecule has 4 heteroatoms. The van der Waals surface area contributed by atoms with E-state index in [0.29, 0.717) is 13.0 Å². The first kappa shape index (κ1) is 19.0. The highest BCUT2D eigenvalue weighted by molar-refractivity contribution is 5.82. The predicted molar refractivity (Wildman–Crippen MR) is 102 cm³/mol. The molecule has 0 heterocycles. The highest BCUT2D eigenvalue weighted by Crippen LogP contribution is 2.14. The van der Waals surface area contributed by atoms with Crippen LogP contribution in [-0.4, -0.2) is 31.6 Å². The van der Waals surface area contributed by atoms with Gasteiger partial charge in [0.15, 0.2) is 0 Å². The number of amides is 1. The molecule has 25 heavy (non-hydrogen) atoms. The van der Waals surface area contributed by atoms with Gasteiger partial charge in [-0.25, -0.2) is 0 Å². The average molecular weight is 340 g/mol. The zero-order valence-electron chi connectivity index (χ0n) is 15.3. The summed E-state index contributed by atoms with van der Waals surface area (Å²) in [7, 11) is 1.82. The molecule has 2 rings (SSSR count). The minimum absolute atomic E-state index is 0.0334. The first-order chi connectivity index (χ1) is 12.1. The van der Waals surface area contributed by atoms with Crippen LogP contribution in [0.15, 0.2) is 54.6 Å². The molecule has 0 spiro atoms. The van der Waals surface area contributed by atoms with Crippen LogP contribution in [0.25, 0.3) is 0 Å². The highest BCUT2D eigenvalue weighted by atomic mass is 16.5. The molecule has 2 N–H and O–H groups in total. The zero-order chi connectivity index (χ0) is 18.1. The Kier molecular flexibility index (Phi) is 7.48. The van der Waals surface area contributed by atoms with Gasteiger partial charge in [0.05, 0.1) is 12.1 Å². The van der Waals surface area contributed by atoms with E-state index in [1.54, 1.807) is 0 Å². The summed E-state index contributed by atoms with van der Waals surface area (Å²) in [6.07, 6.45) is 1.66. The Balaban J connectivity index is 1.78. The summed E-state index contributed by atoms with van der Waals surface area (Å²) in [4.78, 5) is 12.4. The highest BCUT2D eigenvalue weighted by Gasteiger charge is 2.16. The minimum atomic E-state index is -0.218. The van der Waals surface area contributed by atoms with Gasteiger partial charge in [0.25, 0.3) is 0 Å². The molecule has 0 saturated carbocycles. The van der Waals surface area contributed by atoms with E-state index in [9.17, 15) is 4.79 Å². The maximum atomic E-state index is 12.4. The van der Waals surface area contributed by atoms with Gasteiger partial charge in [0.2, 0.25) is 5.91 Å². The molecule has 0 aliphatic rings. The van der Waals surface area contributed by atoms with Gasteiger partial charge < -0.3 is 15.4 Å². The van der Waals surface area contributed by atoms with Crippen LogP contribution >= 0.6 is 0 Å². The molecular formula is C21H28N2O2. The van der Waals surface area contributed by atoms with Gasteiger partial charge in [0, 0.05) is 6.54 Å². The molecule has 0 saturated heterocycles. The fraction of sp³-hybridized carbons (Fsp3) is 0.381. The van der Waals surface area contributed by atoms with E-state index >= 15 is 0 Å². The molecule has 0 radical (unpaired) electrons. The maximum absolute atomic E-state index is 12.4. The number of nitrogens with one attached hydrogen (secondary N) is 2. The summed E-state index contributed by atoms with van der Waals surface area (Å²) in [5.41, 5.74) is 2.33. The van der Waals surface area contributed by atoms with Crippen molar-refractivity contribution in [1.29, 1.82) is 0 Å². The van der Waals surface area contributed by atoms with Crippen molar-refractivity contribution in [3.63, 3.8) is 0 Å². The third-order valence-corrected chi connectivity index (χ3v) is 3.96. The summed E-state index contributed by atoms with van der Waals surface area (Å²) in [5.74, 6) is 0.909. The normalized spacial score (nSPS) is 12.0. The lowest BCUT2D eigenvalue weighted by Crippen LogP contribution is -2.44. The van der Waals surface area contributed by atoms with Crippen molar-refractivity contribution >= 4 is 5.91 Å². The number of carbonyl (C=O) groups excluding carboxylic acids is 1. The van der Waals surface area contributed by atoms with E-state index in [-0.39, 0.29) is 18.1 Å². The monoisotopic (exact) mass is 340 g/mol. The van der Waals surface area contributed by atoms with Crippen LogP contribution < -0.4 is 15.4 Å². The van der Waals surface area contributed by atoms with Crippen LogP contribution in [-0.2, 0) is 17.6 Å². The first-order valence-electron chi connectivity index (χ1n) is 8.83. The third kappa shape index (κ3) is 6.59. The summed E-state index contributed by atoms with van der Waals surface area (Å²) in [6.45, 7) is 4.64. The van der Waals surface area contributed by atoms with Crippen molar-refractivity contribution in [2.24, 2.45) is 0 Å². The van der Waals surface area contributed by atoms with Gasteiger partial charge in [-0.1, -0.05) is 42.5 Å². The molecule has 0 aromatic heterocycles. The van der Waals surface area contributed by atoms with Crippen molar-refractivity contribution < 1.29 is 9.53 Å². The molecule has 0 aliphatic heterocycles. The van der Waals surface area contributed by atoms with Crippen molar-refractivity contribution in [1.82, 2.24) is 10.6 Å². The number of likely N-dealkylation sites (N-methyl/N-ethyl adjacent to an activating group) is 1. The second kappa shape index (κ2) is 9.84. The van der Waals surface area contributed by atoms with E-state index in [2.05, 4.69) is 10.6 Å². The minimum Gasteiger partial charge on any atom is -0.491 e. The largest absolute Gasteiger partial charge is 0.491 e. The third-order valence-electron chi connectivity index (χ3n) is 3.96. The maximum Gasteiger partial charge on any atom is 0.237 e. The van der Waals surface area contributed by atoms with E-state index in [4.69, 9.17) is 4.74 Å². The van der Waals surface area contributed by atoms with E-state index in [1.165, 1.54) is 5.56 Å². The fourth-order valence-corrected chi connectivity index (χ4v) is 2.64. The molecule has 0 fully saturated rings. The zero-order valence-corrected chi connectivity index (χ0v) is 15.3. The van der Waals surface area contributed by atoms with Crippen LogP contribution in [0.1, 0.15) is 25.0 Å². The van der Waals surface area contributed by atoms with Crippen molar-refractivity contribution in [2.75, 3.05) is 13.6 Å². The standard InChI is InChI=1S/C21H28N2O2/c1-16(2)25-19-11-9-17(10-12-19)13-14-23-21(24)20(22-3)15-18-7-5-4-6-8-18/h4-12,16,20,22H,13-15H2,1-3H3,(H,23,24)/t20-/m0/s1. The van der Waals surface area contributed by atoms with Crippen LogP contribution in [0.3, 0.4) is 0 Å². The van der Waals surface area contributed by atoms with Gasteiger partial charge in [-0.05, 0) is 57.0 Å². The Labute approximate surface area is 150 Å². The molecule has 2 aromatic rings. The van der Waals surface area contributed by atoms with Gasteiger partial charge >= 0.3 is 0 Å². The number of carbonyl (C=O) groups is 1. The summed E-state index contributed by atoms with van der Waals surface area (Å²) >= 11 is 0. The number of rotatable bonds is 9. The molecule has 2 aromatic carbocycles. The second-order valence-electron chi connectivity index (χ2n) is 6.38. The van der Waals surface area contributed by atoms with Gasteiger partial charge in [0.1, 0.15) is 5.75 Å². The molecule has 4 nitrogen and oxygen atoms in total. The smallest absolute Gasteiger partial charge is 0.237 e. The Bertz CT molecular complexity index is 639. The van der Waals surface area contributed by atoms with Crippen LogP contribution in [0.2, 0.25) is 0 Å². The van der Waals surface area contributed by atoms with Gasteiger partial charge in [-0.15, -0.1) is 0 Å². The molecule has 1 atom stereocenters. The lowest BCUT2D eigenvalue weighted by atomic mass is 10.1. The number of hydrogen-bond donors (Lipinski definition) is 2. The fourth-order valence-electron chi connectivity index (χ4n) is 2.64. The van der Waals surface area contributed by atoms with E-state index in [0.717, 1.165) is 17.7 Å². The van der Waals surface area contributed by atoms with Crippen LogP contribution in [0, 0.1) is 0 Å². The number of ether oxygens (including phenoxy) is 1. The van der Waals surface area contributed by atoms with Gasteiger partial charge in [-0.2, -0.15) is 0 Å². The summed E-state index contributed by atoms with van der Waals surface area (Å²) < 4.78 is 5.64. The SMILES string of the molecule is CN[C@@H](Cc1ccccc1)C(=O)NCCc1ccc(OC(C)C)cc1. The summed E-state index contributed by atoms with van der Waals surface area (Å²) in [5, 5.41) is 6.11. The topological polar surface area (TPSA) is 50.4 Å². The number of benzene rings is 2. The number of hydrogen-bond acceptors (Lipinski definition) is 3. The Morgan fingerprint density at radius 2 is 1.68 bits per heavy atom. The van der Waals surface area contributed by atoms with Crippen molar-refractivity contribution in [3.05, 3.63) is 65.7 Å². The summed E-state index contributed by atoms with van der Waals surface area (Å²) in [6, 6.07) is 17.9. The van der Waals surface area contributed by atoms with Crippen molar-refractivity contribution in [3.8, 4) is 5.75 Å². The molecule has 0 bridgehead atoms. The molecule has 1 amide bonds. The quantitative estimate of drug-likeness (QED) is 0.738.